The second kappa shape index (κ2) is 5.41. The van der Waals surface area contributed by atoms with Gasteiger partial charge < -0.3 is 9.84 Å². The number of aliphatic carboxylic acids is 1. The molecule has 1 saturated heterocycles. The van der Waals surface area contributed by atoms with Crippen molar-refractivity contribution in [1.29, 1.82) is 0 Å². The minimum Gasteiger partial charge on any atom is -0.481 e. The van der Waals surface area contributed by atoms with E-state index in [-0.39, 0.29) is 5.41 Å². The fraction of sp³-hybridized carbons (Fsp3) is 0.917. The van der Waals surface area contributed by atoms with Crippen LogP contribution in [0.2, 0.25) is 0 Å². The van der Waals surface area contributed by atoms with Crippen molar-refractivity contribution in [2.75, 3.05) is 18.1 Å². The van der Waals surface area contributed by atoms with E-state index >= 15 is 0 Å². The first-order chi connectivity index (χ1) is 7.70. The Morgan fingerprint density at radius 3 is 2.81 bits per heavy atom. The average molecular weight is 244 g/mol. The lowest BCUT2D eigenvalue weighted by Crippen LogP contribution is -2.22. The molecule has 1 unspecified atom stereocenters. The minimum absolute atomic E-state index is 0.130. The van der Waals surface area contributed by atoms with Crippen LogP contribution in [0.3, 0.4) is 0 Å². The van der Waals surface area contributed by atoms with Crippen molar-refractivity contribution in [3.8, 4) is 0 Å². The first-order valence-electron chi connectivity index (χ1n) is 6.11. The maximum absolute atomic E-state index is 10.7. The molecule has 2 rings (SSSR count). The largest absolute Gasteiger partial charge is 0.481 e. The lowest BCUT2D eigenvalue weighted by atomic mass is 10.1. The zero-order chi connectivity index (χ0) is 11.4. The number of thioether (sulfide) groups is 1. The van der Waals surface area contributed by atoms with E-state index in [0.29, 0.717) is 12.5 Å². The molecule has 0 aromatic rings. The Morgan fingerprint density at radius 2 is 2.25 bits per heavy atom. The maximum atomic E-state index is 10.7. The summed E-state index contributed by atoms with van der Waals surface area (Å²) in [6.07, 6.45) is 6.62. The highest BCUT2D eigenvalue weighted by Crippen LogP contribution is 2.51. The van der Waals surface area contributed by atoms with Crippen molar-refractivity contribution in [3.63, 3.8) is 0 Å². The molecule has 1 N–H and O–H groups in total. The molecule has 1 saturated carbocycles. The summed E-state index contributed by atoms with van der Waals surface area (Å²) >= 11 is 1.88. The van der Waals surface area contributed by atoms with Gasteiger partial charge in [0.1, 0.15) is 0 Å². The van der Waals surface area contributed by atoms with E-state index in [0.717, 1.165) is 31.0 Å². The summed E-state index contributed by atoms with van der Waals surface area (Å²) in [4.78, 5) is 10.7. The zero-order valence-corrected chi connectivity index (χ0v) is 10.4. The van der Waals surface area contributed by atoms with E-state index in [1.807, 2.05) is 11.8 Å². The quantitative estimate of drug-likeness (QED) is 0.780. The van der Waals surface area contributed by atoms with Gasteiger partial charge in [0, 0.05) is 12.4 Å². The smallest absolute Gasteiger partial charge is 0.303 e. The van der Waals surface area contributed by atoms with Crippen molar-refractivity contribution in [3.05, 3.63) is 0 Å². The first kappa shape index (κ1) is 12.2. The molecule has 1 aliphatic heterocycles. The highest BCUT2D eigenvalue weighted by Gasteiger charge is 2.44. The topological polar surface area (TPSA) is 46.5 Å². The molecule has 92 valence electrons. The van der Waals surface area contributed by atoms with Gasteiger partial charge in [0.2, 0.25) is 0 Å². The van der Waals surface area contributed by atoms with Crippen LogP contribution in [0.15, 0.2) is 0 Å². The Hall–Kier alpha value is -0.220. The van der Waals surface area contributed by atoms with Crippen molar-refractivity contribution in [1.82, 2.24) is 0 Å². The summed E-state index contributed by atoms with van der Waals surface area (Å²) in [5.74, 6) is 1.40. The number of hydrogen-bond donors (Lipinski definition) is 1. The lowest BCUT2D eigenvalue weighted by Gasteiger charge is -2.23. The number of rotatable bonds is 6. The third kappa shape index (κ3) is 3.67. The first-order valence-corrected chi connectivity index (χ1v) is 7.27. The molecule has 1 atom stereocenters. The second-order valence-electron chi connectivity index (χ2n) is 5.07. The molecule has 0 spiro atoms. The summed E-state index contributed by atoms with van der Waals surface area (Å²) < 4.78 is 5.66. The Labute approximate surface area is 101 Å². The second-order valence-corrected chi connectivity index (χ2v) is 6.10. The van der Waals surface area contributed by atoms with E-state index in [1.54, 1.807) is 0 Å². The Balaban J connectivity index is 1.62. The van der Waals surface area contributed by atoms with Crippen molar-refractivity contribution in [2.24, 2.45) is 5.41 Å². The van der Waals surface area contributed by atoms with Crippen molar-refractivity contribution < 1.29 is 14.6 Å². The molecule has 2 fully saturated rings. The molecule has 2 aliphatic rings. The predicted molar refractivity (Wildman–Crippen MR) is 64.8 cm³/mol. The molecule has 16 heavy (non-hydrogen) atoms. The third-order valence-corrected chi connectivity index (χ3v) is 4.89. The summed E-state index contributed by atoms with van der Waals surface area (Å²) in [5, 5.41) is 8.80. The number of carboxylic acid groups (broad SMARTS) is 1. The van der Waals surface area contributed by atoms with E-state index in [4.69, 9.17) is 9.84 Å². The SMILES string of the molecule is O=C(O)CC1(CSCC2CCCCO2)CC1. The van der Waals surface area contributed by atoms with Crippen LogP contribution in [0.25, 0.3) is 0 Å². The standard InChI is InChI=1S/C12H20O3S/c13-11(14)7-12(4-5-12)9-16-8-10-3-1-2-6-15-10/h10H,1-9H2,(H,13,14). The van der Waals surface area contributed by atoms with E-state index in [2.05, 4.69) is 0 Å². The fourth-order valence-electron chi connectivity index (χ4n) is 2.22. The Morgan fingerprint density at radius 1 is 1.44 bits per heavy atom. The van der Waals surface area contributed by atoms with Crippen LogP contribution in [-0.4, -0.2) is 35.3 Å². The molecule has 1 aliphatic carbocycles. The highest BCUT2D eigenvalue weighted by atomic mass is 32.2. The maximum Gasteiger partial charge on any atom is 0.303 e. The van der Waals surface area contributed by atoms with Gasteiger partial charge in [-0.1, -0.05) is 0 Å². The molecular weight excluding hydrogens is 224 g/mol. The van der Waals surface area contributed by atoms with Gasteiger partial charge in [-0.3, -0.25) is 4.79 Å². The summed E-state index contributed by atoms with van der Waals surface area (Å²) in [6.45, 7) is 0.908. The molecule has 0 aromatic heterocycles. The molecule has 1 heterocycles. The van der Waals surface area contributed by atoms with Crippen molar-refractivity contribution >= 4 is 17.7 Å². The Bertz CT molecular complexity index is 245. The summed E-state index contributed by atoms with van der Waals surface area (Å²) in [7, 11) is 0. The predicted octanol–water partition coefficient (Wildman–Crippen LogP) is 2.54. The van der Waals surface area contributed by atoms with E-state index in [1.165, 1.54) is 19.3 Å². The van der Waals surface area contributed by atoms with Gasteiger partial charge in [-0.05, 0) is 43.3 Å². The van der Waals surface area contributed by atoms with Crippen LogP contribution in [0.4, 0.5) is 0 Å². The van der Waals surface area contributed by atoms with Gasteiger partial charge >= 0.3 is 5.97 Å². The molecule has 0 amide bonds. The Kier molecular flexibility index (Phi) is 4.14. The highest BCUT2D eigenvalue weighted by molar-refractivity contribution is 7.99. The molecule has 0 aromatic carbocycles. The van der Waals surface area contributed by atoms with E-state index in [9.17, 15) is 4.79 Å². The van der Waals surface area contributed by atoms with Crippen LogP contribution >= 0.6 is 11.8 Å². The normalized spacial score (nSPS) is 27.6. The molecule has 3 nitrogen and oxygen atoms in total. The van der Waals surface area contributed by atoms with Gasteiger partial charge in [-0.25, -0.2) is 0 Å². The lowest BCUT2D eigenvalue weighted by molar-refractivity contribution is -0.138. The minimum atomic E-state index is -0.646. The average Bonchev–Trinajstić information content (AvgIpc) is 2.99. The number of carbonyl (C=O) groups is 1. The van der Waals surface area contributed by atoms with Crippen LogP contribution in [-0.2, 0) is 9.53 Å². The summed E-state index contributed by atoms with van der Waals surface area (Å²) in [5.41, 5.74) is 0.130. The van der Waals surface area contributed by atoms with E-state index < -0.39 is 5.97 Å². The van der Waals surface area contributed by atoms with Gasteiger partial charge in [0.25, 0.3) is 0 Å². The fourth-order valence-corrected chi connectivity index (χ4v) is 3.68. The monoisotopic (exact) mass is 244 g/mol. The molecule has 4 heteroatoms. The van der Waals surface area contributed by atoms with Gasteiger partial charge in [-0.2, -0.15) is 11.8 Å². The van der Waals surface area contributed by atoms with Crippen LogP contribution in [0.5, 0.6) is 0 Å². The van der Waals surface area contributed by atoms with Gasteiger partial charge in [0.15, 0.2) is 0 Å². The third-order valence-electron chi connectivity index (χ3n) is 3.47. The number of ether oxygens (including phenoxy) is 1. The zero-order valence-electron chi connectivity index (χ0n) is 9.61. The molecular formula is C12H20O3S. The van der Waals surface area contributed by atoms with Gasteiger partial charge in [-0.15, -0.1) is 0 Å². The molecule has 0 bridgehead atoms. The summed E-state index contributed by atoms with van der Waals surface area (Å²) in [6, 6.07) is 0. The number of hydrogen-bond acceptors (Lipinski definition) is 3. The van der Waals surface area contributed by atoms with Gasteiger partial charge in [0.05, 0.1) is 12.5 Å². The van der Waals surface area contributed by atoms with Crippen molar-refractivity contribution in [2.45, 2.75) is 44.6 Å². The van der Waals surface area contributed by atoms with Crippen LogP contribution in [0, 0.1) is 5.41 Å². The molecule has 0 radical (unpaired) electrons. The van der Waals surface area contributed by atoms with Crippen LogP contribution < -0.4 is 0 Å². The van der Waals surface area contributed by atoms with Crippen LogP contribution in [0.1, 0.15) is 38.5 Å². The number of carboxylic acids is 1.